The van der Waals surface area contributed by atoms with Crippen LogP contribution >= 0.6 is 15.9 Å². The van der Waals surface area contributed by atoms with Gasteiger partial charge in [-0.3, -0.25) is 9.13 Å². The van der Waals surface area contributed by atoms with Crippen LogP contribution in [0, 0.1) is 0 Å². The highest BCUT2D eigenvalue weighted by Crippen LogP contribution is 2.33. The molecule has 0 atom stereocenters. The highest BCUT2D eigenvalue weighted by Gasteiger charge is 2.20. The Bertz CT molecular complexity index is 1110. The number of fused-ring (bicyclic) bond motifs is 1. The number of aromatic nitrogens is 2. The standard InChI is InChI=1S/C20H22BrN5O2/c1-24-17-11-15(23-19(27)22-14-8-4-3-7-13(14)21)16(26-9-5-6-10-26)12-18(17)25(2)20(24)28/h3-4,7-8,11-12H,5-6,9-10H2,1-2H3,(H2,22,23,27). The molecule has 2 amide bonds. The summed E-state index contributed by atoms with van der Waals surface area (Å²) in [7, 11) is 3.51. The second-order valence-corrected chi connectivity index (χ2v) is 7.87. The van der Waals surface area contributed by atoms with Crippen LogP contribution in [0.5, 0.6) is 0 Å². The lowest BCUT2D eigenvalue weighted by molar-refractivity contribution is 0.262. The van der Waals surface area contributed by atoms with E-state index in [4.69, 9.17) is 0 Å². The molecule has 4 rings (SSSR count). The summed E-state index contributed by atoms with van der Waals surface area (Å²) in [5.41, 5.74) is 3.87. The number of rotatable bonds is 3. The predicted octanol–water partition coefficient (Wildman–Crippen LogP) is 3.88. The van der Waals surface area contributed by atoms with Crippen LogP contribution in [-0.4, -0.2) is 28.3 Å². The molecule has 0 radical (unpaired) electrons. The largest absolute Gasteiger partial charge is 0.370 e. The second-order valence-electron chi connectivity index (χ2n) is 7.01. The van der Waals surface area contributed by atoms with Crippen LogP contribution in [0.1, 0.15) is 12.8 Å². The maximum Gasteiger partial charge on any atom is 0.328 e. The third kappa shape index (κ3) is 3.28. The first-order valence-electron chi connectivity index (χ1n) is 9.22. The zero-order valence-electron chi connectivity index (χ0n) is 15.8. The van der Waals surface area contributed by atoms with E-state index >= 15 is 0 Å². The van der Waals surface area contributed by atoms with Gasteiger partial charge < -0.3 is 15.5 Å². The number of hydrogen-bond acceptors (Lipinski definition) is 3. The van der Waals surface area contributed by atoms with E-state index in [2.05, 4.69) is 31.5 Å². The lowest BCUT2D eigenvalue weighted by atomic mass is 10.2. The topological polar surface area (TPSA) is 71.3 Å². The van der Waals surface area contributed by atoms with Gasteiger partial charge in [0.05, 0.1) is 28.1 Å². The Morgan fingerprint density at radius 2 is 1.57 bits per heavy atom. The van der Waals surface area contributed by atoms with E-state index < -0.39 is 0 Å². The third-order valence-corrected chi connectivity index (χ3v) is 5.90. The Balaban J connectivity index is 1.72. The molecule has 8 heteroatoms. The number of nitrogens with zero attached hydrogens (tertiary/aromatic N) is 3. The number of carbonyl (C=O) groups is 1. The molecule has 3 aromatic rings. The Labute approximate surface area is 171 Å². The number of anilines is 3. The fourth-order valence-corrected chi connectivity index (χ4v) is 4.08. The lowest BCUT2D eigenvalue weighted by Gasteiger charge is -2.22. The van der Waals surface area contributed by atoms with Crippen molar-refractivity contribution in [3.05, 3.63) is 51.4 Å². The van der Waals surface area contributed by atoms with E-state index in [0.29, 0.717) is 11.4 Å². The monoisotopic (exact) mass is 443 g/mol. The predicted molar refractivity (Wildman–Crippen MR) is 116 cm³/mol. The Kier molecular flexibility index (Phi) is 4.89. The molecule has 2 heterocycles. The zero-order valence-corrected chi connectivity index (χ0v) is 17.4. The Morgan fingerprint density at radius 3 is 2.25 bits per heavy atom. The number of benzene rings is 2. The molecule has 146 valence electrons. The summed E-state index contributed by atoms with van der Waals surface area (Å²) < 4.78 is 4.05. The number of aryl methyl sites for hydroxylation is 2. The average molecular weight is 444 g/mol. The van der Waals surface area contributed by atoms with Crippen LogP contribution in [0.2, 0.25) is 0 Å². The van der Waals surface area contributed by atoms with E-state index in [1.165, 1.54) is 0 Å². The highest BCUT2D eigenvalue weighted by atomic mass is 79.9. The van der Waals surface area contributed by atoms with E-state index in [1.807, 2.05) is 36.4 Å². The molecule has 2 N–H and O–H groups in total. The molecule has 1 fully saturated rings. The molecule has 1 aromatic heterocycles. The molecule has 0 saturated carbocycles. The van der Waals surface area contributed by atoms with Crippen molar-refractivity contribution in [3.8, 4) is 0 Å². The van der Waals surface area contributed by atoms with Crippen LogP contribution in [0.4, 0.5) is 21.9 Å². The summed E-state index contributed by atoms with van der Waals surface area (Å²) in [4.78, 5) is 27.3. The van der Waals surface area contributed by atoms with Crippen molar-refractivity contribution in [2.75, 3.05) is 28.6 Å². The lowest BCUT2D eigenvalue weighted by Crippen LogP contribution is -2.24. The maximum atomic E-state index is 12.7. The van der Waals surface area contributed by atoms with E-state index in [9.17, 15) is 9.59 Å². The first-order valence-corrected chi connectivity index (χ1v) is 10.0. The number of para-hydroxylation sites is 1. The number of carbonyl (C=O) groups excluding carboxylic acids is 1. The molecule has 0 unspecified atom stereocenters. The molecule has 0 aliphatic carbocycles. The van der Waals surface area contributed by atoms with Gasteiger partial charge in [0.2, 0.25) is 0 Å². The fourth-order valence-electron chi connectivity index (χ4n) is 3.69. The number of amides is 2. The van der Waals surface area contributed by atoms with Crippen molar-refractivity contribution in [3.63, 3.8) is 0 Å². The van der Waals surface area contributed by atoms with Gasteiger partial charge in [-0.25, -0.2) is 9.59 Å². The molecule has 28 heavy (non-hydrogen) atoms. The zero-order chi connectivity index (χ0) is 19.8. The van der Waals surface area contributed by atoms with Gasteiger partial charge >= 0.3 is 11.7 Å². The first-order chi connectivity index (χ1) is 13.5. The van der Waals surface area contributed by atoms with E-state index in [0.717, 1.165) is 47.1 Å². The number of hydrogen-bond donors (Lipinski definition) is 2. The summed E-state index contributed by atoms with van der Waals surface area (Å²) in [6.45, 7) is 1.87. The SMILES string of the molecule is Cn1c(=O)n(C)c2cc(N3CCCC3)c(NC(=O)Nc3ccccc3Br)cc21. The van der Waals surface area contributed by atoms with Crippen LogP contribution < -0.4 is 21.2 Å². The van der Waals surface area contributed by atoms with Crippen molar-refractivity contribution in [1.29, 1.82) is 0 Å². The number of halogens is 1. The average Bonchev–Trinajstić information content (AvgIpc) is 3.28. The van der Waals surface area contributed by atoms with Crippen molar-refractivity contribution < 1.29 is 4.79 Å². The van der Waals surface area contributed by atoms with Crippen molar-refractivity contribution in [2.45, 2.75) is 12.8 Å². The minimum atomic E-state index is -0.326. The summed E-state index contributed by atoms with van der Waals surface area (Å²) in [5.74, 6) is 0. The number of nitrogens with one attached hydrogen (secondary N) is 2. The molecule has 0 bridgehead atoms. The fraction of sp³-hybridized carbons (Fsp3) is 0.300. The van der Waals surface area contributed by atoms with Gasteiger partial charge in [-0.15, -0.1) is 0 Å². The molecule has 2 aromatic carbocycles. The van der Waals surface area contributed by atoms with Gasteiger partial charge in [0.15, 0.2) is 0 Å². The molecule has 1 saturated heterocycles. The van der Waals surface area contributed by atoms with Crippen LogP contribution in [0.15, 0.2) is 45.7 Å². The van der Waals surface area contributed by atoms with Gasteiger partial charge in [-0.05, 0) is 53.0 Å². The Morgan fingerprint density at radius 1 is 0.964 bits per heavy atom. The smallest absolute Gasteiger partial charge is 0.328 e. The van der Waals surface area contributed by atoms with Gasteiger partial charge in [0, 0.05) is 31.7 Å². The minimum absolute atomic E-state index is 0.0859. The second kappa shape index (κ2) is 7.35. The highest BCUT2D eigenvalue weighted by molar-refractivity contribution is 9.10. The molecule has 0 spiro atoms. The van der Waals surface area contributed by atoms with Gasteiger partial charge in [0.1, 0.15) is 0 Å². The number of imidazole rings is 1. The molecule has 1 aliphatic rings. The van der Waals surface area contributed by atoms with Crippen LogP contribution in [0.3, 0.4) is 0 Å². The quantitative estimate of drug-likeness (QED) is 0.644. The summed E-state index contributed by atoms with van der Waals surface area (Å²) in [5, 5.41) is 5.84. The normalized spacial score (nSPS) is 13.9. The van der Waals surface area contributed by atoms with E-state index in [-0.39, 0.29) is 11.7 Å². The van der Waals surface area contributed by atoms with Crippen LogP contribution in [0.25, 0.3) is 11.0 Å². The molecule has 1 aliphatic heterocycles. The first kappa shape index (κ1) is 18.6. The Hall–Kier alpha value is -2.74. The maximum absolute atomic E-state index is 12.7. The summed E-state index contributed by atoms with van der Waals surface area (Å²) in [6.07, 6.45) is 2.24. The minimum Gasteiger partial charge on any atom is -0.370 e. The van der Waals surface area contributed by atoms with Gasteiger partial charge in [-0.2, -0.15) is 0 Å². The van der Waals surface area contributed by atoms with Gasteiger partial charge in [0.25, 0.3) is 0 Å². The van der Waals surface area contributed by atoms with Gasteiger partial charge in [-0.1, -0.05) is 12.1 Å². The van der Waals surface area contributed by atoms with Crippen molar-refractivity contribution in [1.82, 2.24) is 9.13 Å². The molecular formula is C20H22BrN5O2. The van der Waals surface area contributed by atoms with Crippen molar-refractivity contribution >= 4 is 50.1 Å². The van der Waals surface area contributed by atoms with Crippen molar-refractivity contribution in [2.24, 2.45) is 14.1 Å². The molecular weight excluding hydrogens is 422 g/mol. The van der Waals surface area contributed by atoms with Crippen LogP contribution in [-0.2, 0) is 14.1 Å². The van der Waals surface area contributed by atoms with E-state index in [1.54, 1.807) is 23.2 Å². The summed E-state index contributed by atoms with van der Waals surface area (Å²) >= 11 is 3.44. The summed E-state index contributed by atoms with van der Waals surface area (Å²) in [6, 6.07) is 11.0. The molecule has 7 nitrogen and oxygen atoms in total. The number of urea groups is 1. The third-order valence-electron chi connectivity index (χ3n) is 5.21.